The average molecular weight is 372 g/mol. The monoisotopic (exact) mass is 372 g/mol. The lowest BCUT2D eigenvalue weighted by Gasteiger charge is -2.32. The molecule has 0 aliphatic carbocycles. The smallest absolute Gasteiger partial charge is 0.534 e. The highest BCUT2D eigenvalue weighted by molar-refractivity contribution is 7.00. The third-order valence-electron chi connectivity index (χ3n) is 5.56. The van der Waals surface area contributed by atoms with Gasteiger partial charge in [0, 0.05) is 10.9 Å². The van der Waals surface area contributed by atoms with Crippen LogP contribution in [0.2, 0.25) is 0 Å². The molecule has 26 heavy (non-hydrogen) atoms. The molecule has 1 aromatic carbocycles. The van der Waals surface area contributed by atoms with E-state index in [1.165, 1.54) is 0 Å². The third kappa shape index (κ3) is 2.60. The Hall–Kier alpha value is -1.41. The van der Waals surface area contributed by atoms with Crippen molar-refractivity contribution < 1.29 is 18.6 Å². The summed E-state index contributed by atoms with van der Waals surface area (Å²) in [7, 11) is -1.03. The normalized spacial score (nSPS) is 23.7. The maximum Gasteiger partial charge on any atom is 0.565 e. The first-order valence-corrected chi connectivity index (χ1v) is 9.39. The van der Waals surface area contributed by atoms with Crippen LogP contribution in [0.3, 0.4) is 0 Å². The van der Waals surface area contributed by atoms with E-state index in [1.54, 1.807) is 0 Å². The van der Waals surface area contributed by atoms with Gasteiger partial charge in [-0.2, -0.15) is 8.75 Å². The fourth-order valence-corrected chi connectivity index (χ4v) is 3.60. The zero-order valence-corrected chi connectivity index (χ0v) is 16.8. The molecule has 0 unspecified atom stereocenters. The van der Waals surface area contributed by atoms with Crippen molar-refractivity contribution in [1.29, 1.82) is 0 Å². The van der Waals surface area contributed by atoms with Gasteiger partial charge in [0.15, 0.2) is 0 Å². The lowest BCUT2D eigenvalue weighted by Crippen LogP contribution is -2.41. The van der Waals surface area contributed by atoms with Crippen LogP contribution in [0.1, 0.15) is 41.5 Å². The van der Waals surface area contributed by atoms with Crippen molar-refractivity contribution in [2.45, 2.75) is 58.3 Å². The van der Waals surface area contributed by atoms with Crippen LogP contribution in [0.5, 0.6) is 0 Å². The summed E-state index contributed by atoms with van der Waals surface area (Å²) in [5, 5.41) is 0. The van der Waals surface area contributed by atoms with Gasteiger partial charge in [0.05, 0.1) is 28.7 Å². The largest absolute Gasteiger partial charge is 0.565 e. The highest BCUT2D eigenvalue weighted by Crippen LogP contribution is 2.37. The van der Waals surface area contributed by atoms with E-state index < -0.39 is 31.0 Å². The number of hydrogen-bond acceptors (Lipinski definition) is 7. The Morgan fingerprint density at radius 1 is 0.846 bits per heavy atom. The van der Waals surface area contributed by atoms with Gasteiger partial charge in [-0.25, -0.2) is 0 Å². The molecule has 0 spiro atoms. The van der Waals surface area contributed by atoms with Crippen molar-refractivity contribution in [3.05, 3.63) is 24.5 Å². The van der Waals surface area contributed by atoms with E-state index in [4.69, 9.17) is 18.6 Å². The second-order valence-electron chi connectivity index (χ2n) is 8.29. The number of fused-ring (bicyclic) bond motifs is 1. The minimum Gasteiger partial charge on any atom is -0.534 e. The van der Waals surface area contributed by atoms with E-state index >= 15 is 0 Å². The second-order valence-corrected chi connectivity index (χ2v) is 8.82. The van der Waals surface area contributed by atoms with Gasteiger partial charge in [0.25, 0.3) is 0 Å². The lowest BCUT2D eigenvalue weighted by atomic mass is 9.72. The molecule has 2 fully saturated rings. The van der Waals surface area contributed by atoms with E-state index in [0.717, 1.165) is 33.7 Å². The van der Waals surface area contributed by atoms with Crippen molar-refractivity contribution in [1.82, 2.24) is 8.75 Å². The molecule has 0 amide bonds. The van der Waals surface area contributed by atoms with Crippen LogP contribution in [0.4, 0.5) is 0 Å². The number of aromatic nitrogens is 2. The fraction of sp³-hybridized carbons (Fsp3) is 0.529. The Morgan fingerprint density at radius 2 is 1.35 bits per heavy atom. The van der Waals surface area contributed by atoms with Crippen molar-refractivity contribution >= 4 is 47.9 Å². The summed E-state index contributed by atoms with van der Waals surface area (Å²) < 4.78 is 33.2. The van der Waals surface area contributed by atoms with E-state index in [-0.39, 0.29) is 0 Å². The molecule has 0 bridgehead atoms. The predicted octanol–water partition coefficient (Wildman–Crippen LogP) is 2.02. The summed E-state index contributed by atoms with van der Waals surface area (Å²) in [5.74, 6) is 0.605. The SMILES string of the molecule is C=C1OB(c2ccc(B3OC(C)(C)C(C)(C)O3)c3nsnc23)OC1(C)C. The van der Waals surface area contributed by atoms with Gasteiger partial charge in [-0.15, -0.1) is 0 Å². The minimum absolute atomic E-state index is 0.411. The Balaban J connectivity index is 1.73. The molecule has 3 heterocycles. The zero-order valence-electron chi connectivity index (χ0n) is 16.0. The van der Waals surface area contributed by atoms with Crippen molar-refractivity contribution in [3.8, 4) is 0 Å². The highest BCUT2D eigenvalue weighted by Gasteiger charge is 2.53. The Kier molecular flexibility index (Phi) is 3.83. The van der Waals surface area contributed by atoms with Crippen molar-refractivity contribution in [3.63, 3.8) is 0 Å². The van der Waals surface area contributed by atoms with E-state index in [2.05, 4.69) is 15.3 Å². The molecule has 6 nitrogen and oxygen atoms in total. The fourth-order valence-electron chi connectivity index (χ4n) is 3.01. The van der Waals surface area contributed by atoms with Crippen LogP contribution in [0, 0.1) is 0 Å². The molecule has 0 radical (unpaired) electrons. The Bertz CT molecular complexity index is 880. The van der Waals surface area contributed by atoms with E-state index in [1.807, 2.05) is 53.7 Å². The molecule has 0 atom stereocenters. The molecule has 1 aromatic heterocycles. The number of benzene rings is 1. The number of rotatable bonds is 2. The molecule has 2 aliphatic heterocycles. The average Bonchev–Trinajstić information content (AvgIpc) is 3.15. The quantitative estimate of drug-likeness (QED) is 0.752. The first kappa shape index (κ1) is 18.0. The van der Waals surface area contributed by atoms with Gasteiger partial charge in [-0.1, -0.05) is 18.7 Å². The molecule has 136 valence electrons. The first-order valence-electron chi connectivity index (χ1n) is 8.66. The molecule has 4 rings (SSSR count). The molecule has 2 aliphatic rings. The predicted molar refractivity (Wildman–Crippen MR) is 104 cm³/mol. The van der Waals surface area contributed by atoms with Gasteiger partial charge in [0.1, 0.15) is 16.6 Å². The first-order chi connectivity index (χ1) is 12.0. The van der Waals surface area contributed by atoms with Gasteiger partial charge < -0.3 is 18.6 Å². The van der Waals surface area contributed by atoms with Crippen LogP contribution < -0.4 is 10.9 Å². The molecular weight excluding hydrogens is 350 g/mol. The summed E-state index contributed by atoms with van der Waals surface area (Å²) in [6.45, 7) is 15.9. The third-order valence-corrected chi connectivity index (χ3v) is 6.09. The van der Waals surface area contributed by atoms with E-state index in [0.29, 0.717) is 5.76 Å². The van der Waals surface area contributed by atoms with Gasteiger partial charge in [0.2, 0.25) is 0 Å². The minimum atomic E-state index is -0.545. The summed E-state index contributed by atoms with van der Waals surface area (Å²) in [6, 6.07) is 3.91. The Morgan fingerprint density at radius 3 is 1.81 bits per heavy atom. The molecule has 9 heteroatoms. The van der Waals surface area contributed by atoms with Crippen LogP contribution in [0.15, 0.2) is 24.5 Å². The number of nitrogens with zero attached hydrogens (tertiary/aromatic N) is 2. The van der Waals surface area contributed by atoms with Gasteiger partial charge in [-0.05, 0) is 41.5 Å². The summed E-state index contributed by atoms with van der Waals surface area (Å²) in [6.07, 6.45) is 0. The second kappa shape index (κ2) is 5.55. The summed E-state index contributed by atoms with van der Waals surface area (Å²) >= 11 is 1.15. The maximum absolute atomic E-state index is 6.18. The van der Waals surface area contributed by atoms with Crippen LogP contribution >= 0.6 is 11.7 Å². The van der Waals surface area contributed by atoms with Crippen LogP contribution in [0.25, 0.3) is 11.0 Å². The molecular formula is C17H22B2N2O4S. The van der Waals surface area contributed by atoms with Crippen molar-refractivity contribution in [2.75, 3.05) is 0 Å². The van der Waals surface area contributed by atoms with Crippen LogP contribution in [-0.4, -0.2) is 39.8 Å². The molecule has 0 saturated carbocycles. The lowest BCUT2D eigenvalue weighted by molar-refractivity contribution is 0.00578. The van der Waals surface area contributed by atoms with Gasteiger partial charge >= 0.3 is 14.2 Å². The maximum atomic E-state index is 6.18. The Labute approximate surface area is 158 Å². The molecule has 0 N–H and O–H groups in total. The van der Waals surface area contributed by atoms with Crippen LogP contribution in [-0.2, 0) is 18.6 Å². The zero-order chi connectivity index (χ0) is 18.9. The van der Waals surface area contributed by atoms with Gasteiger partial charge in [-0.3, -0.25) is 0 Å². The topological polar surface area (TPSA) is 62.7 Å². The highest BCUT2D eigenvalue weighted by atomic mass is 32.1. The standard InChI is InChI=1S/C17H22B2N2O4S/c1-10-15(2,3)23-18(22-10)11-8-9-12(14-13(11)20-26-21-14)19-24-16(4,5)17(6,7)25-19/h8-9H,1H2,2-7H3. The van der Waals surface area contributed by atoms with Crippen molar-refractivity contribution in [2.24, 2.45) is 0 Å². The summed E-state index contributed by atoms with van der Waals surface area (Å²) in [4.78, 5) is 0. The van der Waals surface area contributed by atoms with E-state index in [9.17, 15) is 0 Å². The molecule has 2 aromatic rings. The molecule has 2 saturated heterocycles. The summed E-state index contributed by atoms with van der Waals surface area (Å²) in [5.41, 5.74) is 1.85. The number of hydrogen-bond donors (Lipinski definition) is 0.